The maximum absolute atomic E-state index is 13.5. The maximum Gasteiger partial charge on any atom is 0.276 e. The highest BCUT2D eigenvalue weighted by molar-refractivity contribution is 5.93. The molecule has 0 unspecified atom stereocenters. The lowest BCUT2D eigenvalue weighted by atomic mass is 10.0. The average molecular weight is 621 g/mol. The van der Waals surface area contributed by atoms with Crippen molar-refractivity contribution in [3.05, 3.63) is 71.4 Å². The number of aryl methyl sites for hydroxylation is 2. The number of piperidine rings is 1. The molecule has 0 saturated carbocycles. The van der Waals surface area contributed by atoms with E-state index in [1.165, 1.54) is 6.39 Å². The topological polar surface area (TPSA) is 133 Å². The first-order valence-electron chi connectivity index (χ1n) is 15.2. The van der Waals surface area contributed by atoms with E-state index >= 15 is 0 Å². The largest absolute Gasteiger partial charge is 0.493 e. The van der Waals surface area contributed by atoms with E-state index in [2.05, 4.69) is 10.3 Å². The third-order valence-electron chi connectivity index (χ3n) is 8.04. The van der Waals surface area contributed by atoms with Crippen LogP contribution in [0.2, 0.25) is 0 Å². The van der Waals surface area contributed by atoms with E-state index in [4.69, 9.17) is 23.4 Å². The molecule has 1 fully saturated rings. The van der Waals surface area contributed by atoms with Gasteiger partial charge in [0.25, 0.3) is 5.91 Å². The zero-order valence-electron chi connectivity index (χ0n) is 26.0. The Morgan fingerprint density at radius 1 is 1.11 bits per heavy atom. The molecule has 12 heteroatoms. The van der Waals surface area contributed by atoms with Gasteiger partial charge in [0, 0.05) is 39.8 Å². The molecule has 3 aliphatic heterocycles. The van der Waals surface area contributed by atoms with E-state index in [1.54, 1.807) is 30.9 Å². The highest BCUT2D eigenvalue weighted by Crippen LogP contribution is 2.33. The van der Waals surface area contributed by atoms with Crippen molar-refractivity contribution in [1.29, 1.82) is 0 Å². The van der Waals surface area contributed by atoms with Gasteiger partial charge in [0.2, 0.25) is 11.8 Å². The Hall–Kier alpha value is -4.42. The van der Waals surface area contributed by atoms with Crippen molar-refractivity contribution in [3.8, 4) is 17.2 Å². The summed E-state index contributed by atoms with van der Waals surface area (Å²) < 4.78 is 28.6. The Morgan fingerprint density at radius 2 is 1.98 bits per heavy atom. The van der Waals surface area contributed by atoms with Crippen molar-refractivity contribution < 1.29 is 37.7 Å². The number of amides is 3. The fourth-order valence-corrected chi connectivity index (χ4v) is 5.62. The molecule has 1 aromatic heterocycles. The van der Waals surface area contributed by atoms with Gasteiger partial charge in [0.1, 0.15) is 11.5 Å². The van der Waals surface area contributed by atoms with Gasteiger partial charge in [-0.1, -0.05) is 18.2 Å². The molecule has 2 aromatic carbocycles. The van der Waals surface area contributed by atoms with Crippen LogP contribution < -0.4 is 14.8 Å². The highest BCUT2D eigenvalue weighted by atomic mass is 16.5. The summed E-state index contributed by atoms with van der Waals surface area (Å²) >= 11 is 0. The molecule has 0 aliphatic carbocycles. The van der Waals surface area contributed by atoms with Crippen LogP contribution in [0.5, 0.6) is 17.2 Å². The molecule has 1 N–H and O–H groups in total. The molecule has 3 amide bonds. The van der Waals surface area contributed by atoms with Crippen molar-refractivity contribution in [3.63, 3.8) is 0 Å². The molecule has 12 nitrogen and oxygen atoms in total. The SMILES string of the molecule is COCCCN1CC(=O)N[C@H]2CN(C(=O)c3ncoc3C)CC[C@H]2OCc2cccc(c2)Oc2ccc(cc2OC)CCC1=O. The average Bonchev–Trinajstić information content (AvgIpc) is 3.48. The van der Waals surface area contributed by atoms with Gasteiger partial charge in [0.05, 0.1) is 32.4 Å². The normalized spacial score (nSPS) is 19.5. The lowest BCUT2D eigenvalue weighted by Crippen LogP contribution is -2.58. The molecule has 0 spiro atoms. The van der Waals surface area contributed by atoms with Gasteiger partial charge in [-0.15, -0.1) is 0 Å². The molecule has 3 aromatic rings. The van der Waals surface area contributed by atoms with Gasteiger partial charge in [-0.3, -0.25) is 14.4 Å². The molecule has 4 heterocycles. The van der Waals surface area contributed by atoms with E-state index in [0.717, 1.165) is 11.1 Å². The zero-order valence-corrected chi connectivity index (χ0v) is 26.0. The van der Waals surface area contributed by atoms with Gasteiger partial charge in [-0.25, -0.2) is 4.98 Å². The summed E-state index contributed by atoms with van der Waals surface area (Å²) in [6.45, 7) is 3.30. The smallest absolute Gasteiger partial charge is 0.276 e. The second kappa shape index (κ2) is 15.0. The third kappa shape index (κ3) is 8.20. The van der Waals surface area contributed by atoms with Crippen LogP contribution in [0.4, 0.5) is 0 Å². The Kier molecular flexibility index (Phi) is 10.7. The number of nitrogens with one attached hydrogen (secondary N) is 1. The first kappa shape index (κ1) is 32.0. The molecule has 45 heavy (non-hydrogen) atoms. The minimum atomic E-state index is -0.514. The van der Waals surface area contributed by atoms with Crippen LogP contribution in [0.25, 0.3) is 0 Å². The van der Waals surface area contributed by atoms with Crippen LogP contribution in [0, 0.1) is 6.92 Å². The van der Waals surface area contributed by atoms with Crippen molar-refractivity contribution in [2.75, 3.05) is 47.0 Å². The van der Waals surface area contributed by atoms with Crippen LogP contribution in [0.3, 0.4) is 0 Å². The molecular formula is C33H40N4O8. The molecule has 240 valence electrons. The molecule has 4 bridgehead atoms. The molecule has 0 radical (unpaired) electrons. The van der Waals surface area contributed by atoms with E-state index < -0.39 is 6.04 Å². The maximum atomic E-state index is 13.5. The number of hydrogen-bond acceptors (Lipinski definition) is 9. The van der Waals surface area contributed by atoms with Crippen LogP contribution in [-0.2, 0) is 32.1 Å². The van der Waals surface area contributed by atoms with Crippen molar-refractivity contribution in [2.45, 2.75) is 51.4 Å². The van der Waals surface area contributed by atoms with Crippen LogP contribution in [-0.4, -0.2) is 91.7 Å². The zero-order chi connectivity index (χ0) is 31.8. The monoisotopic (exact) mass is 620 g/mol. The van der Waals surface area contributed by atoms with E-state index in [9.17, 15) is 14.4 Å². The summed E-state index contributed by atoms with van der Waals surface area (Å²) in [4.78, 5) is 47.5. The number of fused-ring (bicyclic) bond motifs is 9. The summed E-state index contributed by atoms with van der Waals surface area (Å²) in [7, 11) is 3.18. The summed E-state index contributed by atoms with van der Waals surface area (Å²) in [5.41, 5.74) is 2.04. The summed E-state index contributed by atoms with van der Waals surface area (Å²) in [5.74, 6) is 1.42. The fraction of sp³-hybridized carbons (Fsp3) is 0.455. The summed E-state index contributed by atoms with van der Waals surface area (Å²) in [6, 6.07) is 12.7. The number of hydrogen-bond donors (Lipinski definition) is 1. The van der Waals surface area contributed by atoms with Gasteiger partial charge in [-0.2, -0.15) is 0 Å². The second-order valence-electron chi connectivity index (χ2n) is 11.2. The Bertz CT molecular complexity index is 1490. The molecule has 1 saturated heterocycles. The number of methoxy groups -OCH3 is 2. The van der Waals surface area contributed by atoms with E-state index in [1.807, 2.05) is 42.5 Å². The van der Waals surface area contributed by atoms with Gasteiger partial charge in [0.15, 0.2) is 23.6 Å². The van der Waals surface area contributed by atoms with Crippen LogP contribution >= 0.6 is 0 Å². The number of benzene rings is 2. The van der Waals surface area contributed by atoms with Crippen LogP contribution in [0.15, 0.2) is 53.3 Å². The van der Waals surface area contributed by atoms with Gasteiger partial charge < -0.3 is 38.5 Å². The number of oxazole rings is 1. The fourth-order valence-electron chi connectivity index (χ4n) is 5.62. The predicted octanol–water partition coefficient (Wildman–Crippen LogP) is 3.51. The molecule has 6 rings (SSSR count). The third-order valence-corrected chi connectivity index (χ3v) is 8.04. The Morgan fingerprint density at radius 3 is 2.76 bits per heavy atom. The number of carbonyl (C=O) groups excluding carboxylic acids is 3. The number of aromatic nitrogens is 1. The quantitative estimate of drug-likeness (QED) is 0.411. The van der Waals surface area contributed by atoms with Gasteiger partial charge >= 0.3 is 0 Å². The summed E-state index contributed by atoms with van der Waals surface area (Å²) in [6.07, 6.45) is 2.61. The second-order valence-corrected chi connectivity index (χ2v) is 11.2. The number of carbonyl (C=O) groups is 3. The molecule has 3 aliphatic rings. The van der Waals surface area contributed by atoms with E-state index in [0.29, 0.717) is 62.0 Å². The molecule has 2 atom stereocenters. The van der Waals surface area contributed by atoms with Gasteiger partial charge in [-0.05, 0) is 61.6 Å². The number of rotatable bonds is 6. The number of likely N-dealkylation sites (tertiary alicyclic amines) is 1. The van der Waals surface area contributed by atoms with Crippen LogP contribution in [0.1, 0.15) is 46.6 Å². The number of ether oxygens (including phenoxy) is 4. The number of nitrogens with zero attached hydrogens (tertiary/aromatic N) is 3. The Labute approximate surface area is 262 Å². The summed E-state index contributed by atoms with van der Waals surface area (Å²) in [5, 5.41) is 3.07. The highest BCUT2D eigenvalue weighted by Gasteiger charge is 2.35. The minimum absolute atomic E-state index is 0.125. The van der Waals surface area contributed by atoms with Crippen molar-refractivity contribution in [2.24, 2.45) is 0 Å². The van der Waals surface area contributed by atoms with Crippen molar-refractivity contribution in [1.82, 2.24) is 20.1 Å². The van der Waals surface area contributed by atoms with Crippen molar-refractivity contribution >= 4 is 17.7 Å². The first-order chi connectivity index (χ1) is 21.8. The predicted molar refractivity (Wildman–Crippen MR) is 163 cm³/mol. The Balaban J connectivity index is 1.41. The lowest BCUT2D eigenvalue weighted by Gasteiger charge is -2.39. The van der Waals surface area contributed by atoms with E-state index in [-0.39, 0.29) is 55.6 Å². The first-order valence-corrected chi connectivity index (χ1v) is 15.2. The minimum Gasteiger partial charge on any atom is -0.493 e. The standard InChI is InChI=1S/C33H40N4O8/c1-22-32(34-21-44-22)33(40)37-14-12-27-26(18-37)35-30(38)19-36(13-5-15-41-2)31(39)11-9-23-8-10-28(29(17-23)42-3)45-25-7-4-6-24(16-25)20-43-27/h4,6-8,10,16-17,21,26-27H,5,9,11-15,18-20H2,1-3H3,(H,35,38)/t26-,27+/m0/s1. The lowest BCUT2D eigenvalue weighted by molar-refractivity contribution is -0.137. The molecular weight excluding hydrogens is 580 g/mol.